The van der Waals surface area contributed by atoms with Crippen molar-refractivity contribution in [3.63, 3.8) is 0 Å². The van der Waals surface area contributed by atoms with Crippen LogP contribution < -0.4 is 5.32 Å². The van der Waals surface area contributed by atoms with Crippen molar-refractivity contribution in [1.29, 1.82) is 0 Å². The maximum absolute atomic E-state index is 11.5. The van der Waals surface area contributed by atoms with Gasteiger partial charge in [-0.3, -0.25) is 14.6 Å². The number of thioether (sulfide) groups is 1. The van der Waals surface area contributed by atoms with E-state index in [0.717, 1.165) is 0 Å². The van der Waals surface area contributed by atoms with E-state index < -0.39 is 5.97 Å². The molecule has 0 unspecified atom stereocenters. The Hall–Kier alpha value is -1.56. The number of hydrogen-bond acceptors (Lipinski definition) is 4. The molecule has 0 bridgehead atoms. The van der Waals surface area contributed by atoms with Crippen molar-refractivity contribution in [3.05, 3.63) is 30.1 Å². The summed E-state index contributed by atoms with van der Waals surface area (Å²) in [6.45, 7) is 0.450. The van der Waals surface area contributed by atoms with Gasteiger partial charge in [-0.2, -0.15) is 0 Å². The predicted molar refractivity (Wildman–Crippen MR) is 61.5 cm³/mol. The number of nitrogens with one attached hydrogen (secondary N) is 1. The van der Waals surface area contributed by atoms with Gasteiger partial charge in [-0.25, -0.2) is 0 Å². The number of carboxylic acid groups (broad SMARTS) is 1. The van der Waals surface area contributed by atoms with Crippen molar-refractivity contribution in [3.8, 4) is 0 Å². The van der Waals surface area contributed by atoms with E-state index in [1.54, 1.807) is 18.3 Å². The minimum atomic E-state index is -0.844. The Morgan fingerprint density at radius 3 is 2.94 bits per heavy atom. The highest BCUT2D eigenvalue weighted by atomic mass is 32.2. The Morgan fingerprint density at radius 2 is 2.31 bits per heavy atom. The molecule has 2 N–H and O–H groups in total. The van der Waals surface area contributed by atoms with Gasteiger partial charge >= 0.3 is 5.97 Å². The van der Waals surface area contributed by atoms with Crippen molar-refractivity contribution in [2.24, 2.45) is 0 Å². The summed E-state index contributed by atoms with van der Waals surface area (Å²) in [7, 11) is 0. The van der Waals surface area contributed by atoms with Crippen LogP contribution in [0, 0.1) is 0 Å². The number of carbonyl (C=O) groups is 2. The summed E-state index contributed by atoms with van der Waals surface area (Å²) < 4.78 is 0. The second-order valence-electron chi connectivity index (χ2n) is 2.94. The van der Waals surface area contributed by atoms with Crippen LogP contribution >= 0.6 is 11.8 Å². The van der Waals surface area contributed by atoms with Gasteiger partial charge in [-0.05, 0) is 12.1 Å². The largest absolute Gasteiger partial charge is 0.481 e. The van der Waals surface area contributed by atoms with Gasteiger partial charge in [-0.1, -0.05) is 0 Å². The summed E-state index contributed by atoms with van der Waals surface area (Å²) in [4.78, 5) is 25.5. The Balaban J connectivity index is 2.19. The first-order valence-corrected chi connectivity index (χ1v) is 5.83. The number of aromatic nitrogens is 1. The van der Waals surface area contributed by atoms with Crippen LogP contribution in [-0.4, -0.2) is 40.0 Å². The number of carbonyl (C=O) groups excluding carboxylic acids is 1. The van der Waals surface area contributed by atoms with Gasteiger partial charge in [0.25, 0.3) is 5.91 Å². The summed E-state index contributed by atoms with van der Waals surface area (Å²) in [6.07, 6.45) is 3.08. The average molecular weight is 240 g/mol. The summed E-state index contributed by atoms with van der Waals surface area (Å²) >= 11 is 1.27. The lowest BCUT2D eigenvalue weighted by molar-refractivity contribution is -0.133. The zero-order valence-electron chi connectivity index (χ0n) is 8.55. The van der Waals surface area contributed by atoms with Crippen LogP contribution in [0.3, 0.4) is 0 Å². The predicted octanol–water partition coefficient (Wildman–Crippen LogP) is 0.629. The van der Waals surface area contributed by atoms with Crippen LogP contribution in [0.2, 0.25) is 0 Å². The molecule has 6 heteroatoms. The first-order valence-electron chi connectivity index (χ1n) is 4.68. The van der Waals surface area contributed by atoms with Crippen molar-refractivity contribution in [2.75, 3.05) is 18.1 Å². The SMILES string of the molecule is O=C(O)CSCCNC(=O)c1cccnc1. The standard InChI is InChI=1S/C10H12N2O3S/c13-9(14)7-16-5-4-12-10(15)8-2-1-3-11-6-8/h1-3,6H,4-5,7H2,(H,12,15)(H,13,14). The first-order chi connectivity index (χ1) is 7.70. The van der Waals surface area contributed by atoms with Gasteiger partial charge in [-0.15, -0.1) is 11.8 Å². The Bertz CT molecular complexity index is 356. The molecule has 0 saturated heterocycles. The molecule has 0 aliphatic carbocycles. The molecule has 16 heavy (non-hydrogen) atoms. The van der Waals surface area contributed by atoms with Crippen LogP contribution in [0.4, 0.5) is 0 Å². The molecular weight excluding hydrogens is 228 g/mol. The summed E-state index contributed by atoms with van der Waals surface area (Å²) in [5, 5.41) is 11.1. The molecule has 0 saturated carbocycles. The molecule has 86 valence electrons. The molecule has 0 spiro atoms. The van der Waals surface area contributed by atoms with Gasteiger partial charge in [0, 0.05) is 24.7 Å². The third-order valence-electron chi connectivity index (χ3n) is 1.68. The quantitative estimate of drug-likeness (QED) is 0.713. The fourth-order valence-corrected chi connectivity index (χ4v) is 1.56. The minimum absolute atomic E-state index is 0.0583. The molecule has 0 atom stereocenters. The van der Waals surface area contributed by atoms with Gasteiger partial charge in [0.1, 0.15) is 0 Å². The highest BCUT2D eigenvalue weighted by Crippen LogP contribution is 1.98. The van der Waals surface area contributed by atoms with E-state index >= 15 is 0 Å². The number of nitrogens with zero attached hydrogens (tertiary/aromatic N) is 1. The first kappa shape index (κ1) is 12.5. The van der Waals surface area contributed by atoms with Gasteiger partial charge < -0.3 is 10.4 Å². The molecule has 0 aromatic carbocycles. The number of carboxylic acids is 1. The lowest BCUT2D eigenvalue weighted by Gasteiger charge is -2.03. The molecule has 1 amide bonds. The van der Waals surface area contributed by atoms with E-state index in [1.165, 1.54) is 18.0 Å². The van der Waals surface area contributed by atoms with Gasteiger partial charge in [0.15, 0.2) is 0 Å². The summed E-state index contributed by atoms with van der Waals surface area (Å²) in [6, 6.07) is 3.36. The molecule has 1 aromatic rings. The topological polar surface area (TPSA) is 79.3 Å². The van der Waals surface area contributed by atoms with E-state index in [9.17, 15) is 9.59 Å². The van der Waals surface area contributed by atoms with Crippen LogP contribution in [-0.2, 0) is 4.79 Å². The molecule has 0 fully saturated rings. The van der Waals surface area contributed by atoms with Crippen molar-refractivity contribution < 1.29 is 14.7 Å². The van der Waals surface area contributed by atoms with Crippen molar-refractivity contribution >= 4 is 23.6 Å². The fourth-order valence-electron chi connectivity index (χ4n) is 0.995. The van der Waals surface area contributed by atoms with E-state index in [2.05, 4.69) is 10.3 Å². The van der Waals surface area contributed by atoms with Crippen molar-refractivity contribution in [1.82, 2.24) is 10.3 Å². The van der Waals surface area contributed by atoms with E-state index in [4.69, 9.17) is 5.11 Å². The Morgan fingerprint density at radius 1 is 1.50 bits per heavy atom. The third-order valence-corrected chi connectivity index (χ3v) is 2.63. The van der Waals surface area contributed by atoms with Gasteiger partial charge in [0.2, 0.25) is 0 Å². The molecule has 5 nitrogen and oxygen atoms in total. The fraction of sp³-hybridized carbons (Fsp3) is 0.300. The van der Waals surface area contributed by atoms with Gasteiger partial charge in [0.05, 0.1) is 11.3 Å². The normalized spacial score (nSPS) is 9.75. The maximum atomic E-state index is 11.5. The zero-order valence-corrected chi connectivity index (χ0v) is 9.37. The highest BCUT2D eigenvalue weighted by Gasteiger charge is 2.03. The number of aliphatic carboxylic acids is 1. The number of hydrogen-bond donors (Lipinski definition) is 2. The number of pyridine rings is 1. The maximum Gasteiger partial charge on any atom is 0.313 e. The third kappa shape index (κ3) is 4.79. The van der Waals surface area contributed by atoms with Crippen molar-refractivity contribution in [2.45, 2.75) is 0 Å². The summed E-state index contributed by atoms with van der Waals surface area (Å²) in [5.74, 6) is -0.395. The molecule has 1 rings (SSSR count). The van der Waals surface area contributed by atoms with E-state index in [0.29, 0.717) is 17.9 Å². The average Bonchev–Trinajstić information content (AvgIpc) is 2.29. The van der Waals surface area contributed by atoms with E-state index in [1.807, 2.05) is 0 Å². The monoisotopic (exact) mass is 240 g/mol. The lowest BCUT2D eigenvalue weighted by Crippen LogP contribution is -2.26. The number of amides is 1. The number of rotatable bonds is 6. The van der Waals surface area contributed by atoms with Crippen LogP contribution in [0.15, 0.2) is 24.5 Å². The Labute approximate surface area is 97.3 Å². The smallest absolute Gasteiger partial charge is 0.313 e. The molecule has 0 aliphatic rings. The highest BCUT2D eigenvalue weighted by molar-refractivity contribution is 7.99. The molecule has 0 radical (unpaired) electrons. The Kier molecular flexibility index (Phi) is 5.35. The minimum Gasteiger partial charge on any atom is -0.481 e. The molecule has 0 aliphatic heterocycles. The lowest BCUT2D eigenvalue weighted by atomic mass is 10.3. The molecule has 1 heterocycles. The summed E-state index contributed by atoms with van der Waals surface area (Å²) in [5.41, 5.74) is 0.505. The van der Waals surface area contributed by atoms with Crippen LogP contribution in [0.1, 0.15) is 10.4 Å². The molecule has 1 aromatic heterocycles. The zero-order chi connectivity index (χ0) is 11.8. The van der Waals surface area contributed by atoms with E-state index in [-0.39, 0.29) is 11.7 Å². The van der Waals surface area contributed by atoms with Crippen LogP contribution in [0.5, 0.6) is 0 Å². The molecular formula is C10H12N2O3S. The second-order valence-corrected chi connectivity index (χ2v) is 4.05. The van der Waals surface area contributed by atoms with Crippen LogP contribution in [0.25, 0.3) is 0 Å². The second kappa shape index (κ2) is 6.84.